The maximum atomic E-state index is 12.8. The molecule has 4 nitrogen and oxygen atoms in total. The fraction of sp³-hybridized carbons (Fsp3) is 0.300. The maximum Gasteiger partial charge on any atom is 0.420 e. The fourth-order valence-electron chi connectivity index (χ4n) is 1.35. The minimum absolute atomic E-state index is 0.0260. The molecule has 0 spiro atoms. The van der Waals surface area contributed by atoms with Gasteiger partial charge < -0.3 is 20.5 Å². The highest BCUT2D eigenvalue weighted by Gasteiger charge is 2.35. The van der Waals surface area contributed by atoms with Gasteiger partial charge in [0.15, 0.2) is 5.11 Å². The van der Waals surface area contributed by atoms with E-state index in [4.69, 9.17) is 10.5 Å². The van der Waals surface area contributed by atoms with Crippen LogP contribution in [0.3, 0.4) is 0 Å². The Morgan fingerprint density at radius 1 is 1.22 bits per heavy atom. The van der Waals surface area contributed by atoms with E-state index >= 15 is 0 Å². The van der Waals surface area contributed by atoms with E-state index in [9.17, 15) is 13.2 Å². The number of alkyl halides is 3. The molecule has 1 aromatic carbocycles. The number of anilines is 1. The average Bonchev–Trinajstić information content (AvgIpc) is 2.26. The molecule has 0 saturated heterocycles. The minimum Gasteiger partial charge on any atom is -0.496 e. The second-order valence-corrected chi connectivity index (χ2v) is 3.68. The lowest BCUT2D eigenvalue weighted by molar-refractivity contribution is -0.138. The zero-order valence-corrected chi connectivity index (χ0v) is 10.4. The van der Waals surface area contributed by atoms with E-state index in [1.54, 1.807) is 0 Å². The summed E-state index contributed by atoms with van der Waals surface area (Å²) in [6.45, 7) is 0. The standard InChI is InChI=1S/C10H11F3N2O2S/c1-16-7-4-8(17-2)6(15-9(14)18)3-5(7)10(11,12)13/h3-4H,1-2H3,(H3,14,15,18). The lowest BCUT2D eigenvalue weighted by Gasteiger charge is -2.17. The lowest BCUT2D eigenvalue weighted by atomic mass is 10.1. The number of nitrogens with two attached hydrogens (primary N) is 1. The molecule has 3 N–H and O–H groups in total. The van der Waals surface area contributed by atoms with Crippen molar-refractivity contribution in [3.8, 4) is 11.5 Å². The van der Waals surface area contributed by atoms with E-state index in [-0.39, 0.29) is 22.3 Å². The summed E-state index contributed by atoms with van der Waals surface area (Å²) >= 11 is 4.58. The molecule has 0 fully saturated rings. The number of thiocarbonyl (C=S) groups is 1. The lowest BCUT2D eigenvalue weighted by Crippen LogP contribution is -2.20. The van der Waals surface area contributed by atoms with E-state index < -0.39 is 11.7 Å². The van der Waals surface area contributed by atoms with Crippen molar-refractivity contribution in [3.63, 3.8) is 0 Å². The third kappa shape index (κ3) is 3.16. The Kier molecular flexibility index (Phi) is 4.23. The molecule has 0 aliphatic rings. The summed E-state index contributed by atoms with van der Waals surface area (Å²) in [7, 11) is 2.46. The Labute approximate surface area is 107 Å². The molecular formula is C10H11F3N2O2S. The van der Waals surface area contributed by atoms with Crippen LogP contribution in [-0.4, -0.2) is 19.3 Å². The molecule has 0 aromatic heterocycles. The van der Waals surface area contributed by atoms with E-state index in [2.05, 4.69) is 22.3 Å². The van der Waals surface area contributed by atoms with Crippen molar-refractivity contribution in [1.82, 2.24) is 0 Å². The highest BCUT2D eigenvalue weighted by molar-refractivity contribution is 7.80. The van der Waals surface area contributed by atoms with E-state index in [0.29, 0.717) is 0 Å². The molecule has 0 saturated carbocycles. The predicted octanol–water partition coefficient (Wildman–Crippen LogP) is 2.38. The van der Waals surface area contributed by atoms with E-state index in [1.807, 2.05) is 0 Å². The van der Waals surface area contributed by atoms with Gasteiger partial charge in [0.05, 0.1) is 25.5 Å². The second kappa shape index (κ2) is 5.30. The van der Waals surface area contributed by atoms with E-state index in [1.165, 1.54) is 7.11 Å². The van der Waals surface area contributed by atoms with Crippen molar-refractivity contribution in [2.24, 2.45) is 5.73 Å². The van der Waals surface area contributed by atoms with Crippen LogP contribution < -0.4 is 20.5 Å². The number of hydrogen-bond acceptors (Lipinski definition) is 3. The average molecular weight is 280 g/mol. The molecule has 1 rings (SSSR count). The molecule has 1 aromatic rings. The molecule has 0 aliphatic heterocycles. The maximum absolute atomic E-state index is 12.8. The summed E-state index contributed by atoms with van der Waals surface area (Å²) in [4.78, 5) is 0. The third-order valence-corrected chi connectivity index (χ3v) is 2.19. The summed E-state index contributed by atoms with van der Waals surface area (Å²) in [5.74, 6) is -0.194. The van der Waals surface area contributed by atoms with Crippen molar-refractivity contribution in [2.45, 2.75) is 6.18 Å². The summed E-state index contributed by atoms with van der Waals surface area (Å²) < 4.78 is 47.9. The third-order valence-electron chi connectivity index (χ3n) is 2.08. The van der Waals surface area contributed by atoms with Crippen LogP contribution >= 0.6 is 12.2 Å². The molecule has 0 amide bonds. The molecule has 0 bridgehead atoms. The van der Waals surface area contributed by atoms with Gasteiger partial charge >= 0.3 is 6.18 Å². The molecule has 0 radical (unpaired) electrons. The number of hydrogen-bond donors (Lipinski definition) is 2. The van der Waals surface area contributed by atoms with Gasteiger partial charge in [-0.05, 0) is 18.3 Å². The Bertz CT molecular complexity index is 463. The number of rotatable bonds is 3. The van der Waals surface area contributed by atoms with Crippen molar-refractivity contribution in [2.75, 3.05) is 19.5 Å². The first-order valence-corrected chi connectivity index (χ1v) is 5.10. The first-order chi connectivity index (χ1) is 8.29. The zero-order valence-electron chi connectivity index (χ0n) is 9.59. The first-order valence-electron chi connectivity index (χ1n) is 4.69. The van der Waals surface area contributed by atoms with Gasteiger partial charge in [-0.25, -0.2) is 0 Å². The quantitative estimate of drug-likeness (QED) is 0.833. The van der Waals surface area contributed by atoms with Crippen LogP contribution in [0.2, 0.25) is 0 Å². The van der Waals surface area contributed by atoms with Gasteiger partial charge in [0.1, 0.15) is 11.5 Å². The summed E-state index contributed by atoms with van der Waals surface area (Å²) in [6.07, 6.45) is -4.55. The predicted molar refractivity (Wildman–Crippen MR) is 65.0 cm³/mol. The number of benzene rings is 1. The zero-order chi connectivity index (χ0) is 13.9. The van der Waals surface area contributed by atoms with Gasteiger partial charge in [-0.3, -0.25) is 0 Å². The molecule has 18 heavy (non-hydrogen) atoms. The van der Waals surface area contributed by atoms with Crippen molar-refractivity contribution >= 4 is 23.0 Å². The molecular weight excluding hydrogens is 269 g/mol. The second-order valence-electron chi connectivity index (χ2n) is 3.24. The number of methoxy groups -OCH3 is 2. The largest absolute Gasteiger partial charge is 0.496 e. The van der Waals surface area contributed by atoms with Crippen LogP contribution in [-0.2, 0) is 6.18 Å². The first kappa shape index (κ1) is 14.4. The van der Waals surface area contributed by atoms with Gasteiger partial charge in [0.2, 0.25) is 0 Å². The Hall–Kier alpha value is -1.70. The summed E-state index contributed by atoms with van der Waals surface area (Å²) in [6, 6.07) is 1.94. The van der Waals surface area contributed by atoms with Gasteiger partial charge in [-0.2, -0.15) is 13.2 Å². The molecule has 0 aliphatic carbocycles. The van der Waals surface area contributed by atoms with Crippen LogP contribution in [0.1, 0.15) is 5.56 Å². The Morgan fingerprint density at radius 3 is 2.17 bits per heavy atom. The molecule has 8 heteroatoms. The summed E-state index contributed by atoms with van der Waals surface area (Å²) in [5, 5.41) is 2.26. The Morgan fingerprint density at radius 2 is 1.78 bits per heavy atom. The van der Waals surface area contributed by atoms with Crippen molar-refractivity contribution < 1.29 is 22.6 Å². The van der Waals surface area contributed by atoms with Crippen LogP contribution in [0.4, 0.5) is 18.9 Å². The normalized spacial score (nSPS) is 10.9. The van der Waals surface area contributed by atoms with Gasteiger partial charge in [-0.1, -0.05) is 0 Å². The van der Waals surface area contributed by atoms with Gasteiger partial charge in [-0.15, -0.1) is 0 Å². The number of halogens is 3. The number of nitrogens with one attached hydrogen (secondary N) is 1. The minimum atomic E-state index is -4.55. The van der Waals surface area contributed by atoms with Gasteiger partial charge in [0, 0.05) is 6.07 Å². The van der Waals surface area contributed by atoms with Crippen LogP contribution in [0, 0.1) is 0 Å². The van der Waals surface area contributed by atoms with E-state index in [0.717, 1.165) is 19.2 Å². The summed E-state index contributed by atoms with van der Waals surface area (Å²) in [5.41, 5.74) is 4.32. The van der Waals surface area contributed by atoms with Crippen molar-refractivity contribution in [1.29, 1.82) is 0 Å². The monoisotopic (exact) mass is 280 g/mol. The molecule has 0 heterocycles. The molecule has 0 unspecified atom stereocenters. The smallest absolute Gasteiger partial charge is 0.420 e. The van der Waals surface area contributed by atoms with Crippen molar-refractivity contribution in [3.05, 3.63) is 17.7 Å². The number of ether oxygens (including phenoxy) is 2. The van der Waals surface area contributed by atoms with Crippen LogP contribution in [0.15, 0.2) is 12.1 Å². The fourth-order valence-corrected chi connectivity index (χ4v) is 1.46. The van der Waals surface area contributed by atoms with Crippen LogP contribution in [0.5, 0.6) is 11.5 Å². The highest BCUT2D eigenvalue weighted by Crippen LogP contribution is 2.41. The molecule has 0 atom stereocenters. The molecule has 100 valence electrons. The van der Waals surface area contributed by atoms with Gasteiger partial charge in [0.25, 0.3) is 0 Å². The topological polar surface area (TPSA) is 56.5 Å². The SMILES string of the molecule is COc1cc(OC)c(C(F)(F)F)cc1NC(N)=S. The Balaban J connectivity index is 3.38. The van der Waals surface area contributed by atoms with Crippen LogP contribution in [0.25, 0.3) is 0 Å². The highest BCUT2D eigenvalue weighted by atomic mass is 32.1.